The molecule has 1 aromatic rings. The van der Waals surface area contributed by atoms with Crippen LogP contribution in [0.4, 0.5) is 16.2 Å². The lowest BCUT2D eigenvalue weighted by Crippen LogP contribution is -2.39. The minimum atomic E-state index is -0.491. The number of ether oxygens (including phenoxy) is 1. The van der Waals surface area contributed by atoms with E-state index in [0.717, 1.165) is 18.7 Å². The van der Waals surface area contributed by atoms with Crippen LogP contribution in [0.1, 0.15) is 32.8 Å². The third-order valence-electron chi connectivity index (χ3n) is 3.69. The molecular weight excluding hydrogens is 292 g/mol. The van der Waals surface area contributed by atoms with Gasteiger partial charge in [-0.05, 0) is 39.3 Å². The van der Waals surface area contributed by atoms with E-state index in [1.165, 1.54) is 0 Å². The van der Waals surface area contributed by atoms with E-state index in [-0.39, 0.29) is 6.09 Å². The van der Waals surface area contributed by atoms with Crippen LogP contribution in [0.2, 0.25) is 0 Å². The van der Waals surface area contributed by atoms with Crippen molar-refractivity contribution in [2.45, 2.75) is 32.8 Å². The van der Waals surface area contributed by atoms with Crippen molar-refractivity contribution in [2.75, 3.05) is 36.8 Å². The highest BCUT2D eigenvalue weighted by atomic mass is 16.6. The topological polar surface area (TPSA) is 82.6 Å². The fourth-order valence-electron chi connectivity index (χ4n) is 2.59. The molecule has 1 amide bonds. The van der Waals surface area contributed by atoms with Crippen LogP contribution in [-0.4, -0.2) is 42.8 Å². The van der Waals surface area contributed by atoms with Gasteiger partial charge in [0.15, 0.2) is 0 Å². The maximum atomic E-state index is 12.2. The summed E-state index contributed by atoms with van der Waals surface area (Å²) in [6, 6.07) is 7.57. The van der Waals surface area contributed by atoms with Gasteiger partial charge in [-0.1, -0.05) is 6.07 Å². The Kier molecular flexibility index (Phi) is 4.99. The summed E-state index contributed by atoms with van der Waals surface area (Å²) in [5.74, 6) is 0. The first-order chi connectivity index (χ1) is 10.8. The second-order valence-corrected chi connectivity index (χ2v) is 6.66. The lowest BCUT2D eigenvalue weighted by atomic mass is 10.1. The number of nitriles is 1. The Morgan fingerprint density at radius 3 is 2.65 bits per heavy atom. The van der Waals surface area contributed by atoms with Crippen molar-refractivity contribution in [2.24, 2.45) is 0 Å². The number of nitrogen functional groups attached to an aromatic ring is 1. The first-order valence-corrected chi connectivity index (χ1v) is 7.83. The van der Waals surface area contributed by atoms with E-state index in [4.69, 9.17) is 15.7 Å². The summed E-state index contributed by atoms with van der Waals surface area (Å²) in [6.07, 6.45) is 0.549. The van der Waals surface area contributed by atoms with Crippen LogP contribution in [-0.2, 0) is 4.74 Å². The number of carbonyl (C=O) groups excluding carboxylic acids is 1. The van der Waals surface area contributed by atoms with Crippen molar-refractivity contribution in [3.05, 3.63) is 23.8 Å². The van der Waals surface area contributed by atoms with Gasteiger partial charge in [0.25, 0.3) is 0 Å². The minimum absolute atomic E-state index is 0.280. The number of hydrogen-bond donors (Lipinski definition) is 1. The molecule has 0 unspecified atom stereocenters. The fourth-order valence-corrected chi connectivity index (χ4v) is 2.59. The first-order valence-electron chi connectivity index (χ1n) is 7.83. The largest absolute Gasteiger partial charge is 0.444 e. The molecule has 1 aromatic carbocycles. The van der Waals surface area contributed by atoms with Gasteiger partial charge in [0, 0.05) is 26.2 Å². The lowest BCUT2D eigenvalue weighted by Gasteiger charge is -2.27. The quantitative estimate of drug-likeness (QED) is 0.805. The van der Waals surface area contributed by atoms with Crippen LogP contribution in [0.15, 0.2) is 18.2 Å². The standard InChI is InChI=1S/C17H24N4O2/c1-17(2,3)23-16(22)21-9-5-8-20(10-11-21)14-7-4-6-13(12-18)15(14)19/h4,6-7H,5,8-11,19H2,1-3H3. The molecule has 23 heavy (non-hydrogen) atoms. The van der Waals surface area contributed by atoms with Crippen molar-refractivity contribution in [3.63, 3.8) is 0 Å². The predicted octanol–water partition coefficient (Wildman–Crippen LogP) is 2.59. The van der Waals surface area contributed by atoms with Crippen molar-refractivity contribution in [3.8, 4) is 6.07 Å². The van der Waals surface area contributed by atoms with Gasteiger partial charge >= 0.3 is 6.09 Å². The number of benzene rings is 1. The highest BCUT2D eigenvalue weighted by Crippen LogP contribution is 2.27. The third-order valence-corrected chi connectivity index (χ3v) is 3.69. The van der Waals surface area contributed by atoms with Gasteiger partial charge in [-0.3, -0.25) is 0 Å². The number of nitrogens with zero attached hydrogens (tertiary/aromatic N) is 3. The summed E-state index contributed by atoms with van der Waals surface area (Å²) in [4.78, 5) is 16.1. The second-order valence-electron chi connectivity index (χ2n) is 6.66. The number of rotatable bonds is 1. The Morgan fingerprint density at radius 1 is 1.26 bits per heavy atom. The Labute approximate surface area is 137 Å². The molecule has 1 aliphatic rings. The molecule has 0 spiro atoms. The van der Waals surface area contributed by atoms with E-state index >= 15 is 0 Å². The van der Waals surface area contributed by atoms with Crippen molar-refractivity contribution < 1.29 is 9.53 Å². The first kappa shape index (κ1) is 16.9. The van der Waals surface area contributed by atoms with Gasteiger partial charge in [0.2, 0.25) is 0 Å². The fraction of sp³-hybridized carbons (Fsp3) is 0.529. The van der Waals surface area contributed by atoms with E-state index in [2.05, 4.69) is 11.0 Å². The molecule has 1 aliphatic heterocycles. The highest BCUT2D eigenvalue weighted by Gasteiger charge is 2.25. The number of carbonyl (C=O) groups is 1. The number of nitrogens with two attached hydrogens (primary N) is 1. The zero-order valence-electron chi connectivity index (χ0n) is 14.0. The summed E-state index contributed by atoms with van der Waals surface area (Å²) < 4.78 is 5.43. The molecule has 0 bridgehead atoms. The summed E-state index contributed by atoms with van der Waals surface area (Å²) in [7, 11) is 0. The zero-order valence-corrected chi connectivity index (χ0v) is 14.0. The van der Waals surface area contributed by atoms with Crippen molar-refractivity contribution in [1.29, 1.82) is 5.26 Å². The monoisotopic (exact) mass is 316 g/mol. The molecule has 1 fully saturated rings. The van der Waals surface area contributed by atoms with Crippen LogP contribution in [0.3, 0.4) is 0 Å². The zero-order chi connectivity index (χ0) is 17.0. The molecule has 2 rings (SSSR count). The van der Waals surface area contributed by atoms with Crippen LogP contribution < -0.4 is 10.6 Å². The maximum Gasteiger partial charge on any atom is 0.410 e. The van der Waals surface area contributed by atoms with E-state index in [0.29, 0.717) is 30.9 Å². The Bertz CT molecular complexity index is 616. The van der Waals surface area contributed by atoms with Gasteiger partial charge < -0.3 is 20.3 Å². The van der Waals surface area contributed by atoms with Gasteiger partial charge in [-0.2, -0.15) is 5.26 Å². The maximum absolute atomic E-state index is 12.2. The molecule has 0 radical (unpaired) electrons. The average Bonchev–Trinajstić information content (AvgIpc) is 2.71. The molecule has 0 saturated carbocycles. The van der Waals surface area contributed by atoms with Crippen LogP contribution >= 0.6 is 0 Å². The van der Waals surface area contributed by atoms with E-state index < -0.39 is 5.60 Å². The smallest absolute Gasteiger partial charge is 0.410 e. The highest BCUT2D eigenvalue weighted by molar-refractivity contribution is 5.74. The number of anilines is 2. The molecule has 6 nitrogen and oxygen atoms in total. The molecule has 124 valence electrons. The normalized spacial score (nSPS) is 15.7. The van der Waals surface area contributed by atoms with Gasteiger partial charge in [-0.15, -0.1) is 0 Å². The van der Waals surface area contributed by atoms with Gasteiger partial charge in [0.1, 0.15) is 11.7 Å². The Hall–Kier alpha value is -2.42. The van der Waals surface area contributed by atoms with Crippen LogP contribution in [0.25, 0.3) is 0 Å². The molecule has 2 N–H and O–H groups in total. The molecule has 1 saturated heterocycles. The summed E-state index contributed by atoms with van der Waals surface area (Å²) >= 11 is 0. The molecule has 1 heterocycles. The summed E-state index contributed by atoms with van der Waals surface area (Å²) in [5, 5.41) is 9.10. The molecular formula is C17H24N4O2. The van der Waals surface area contributed by atoms with E-state index in [9.17, 15) is 4.79 Å². The molecule has 0 aliphatic carbocycles. The number of hydrogen-bond acceptors (Lipinski definition) is 5. The minimum Gasteiger partial charge on any atom is -0.444 e. The summed E-state index contributed by atoms with van der Waals surface area (Å²) in [5.41, 5.74) is 7.43. The Morgan fingerprint density at radius 2 is 2.00 bits per heavy atom. The number of amides is 1. The van der Waals surface area contributed by atoms with Crippen molar-refractivity contribution in [1.82, 2.24) is 4.90 Å². The molecule has 6 heteroatoms. The summed E-state index contributed by atoms with van der Waals surface area (Å²) in [6.45, 7) is 8.28. The van der Waals surface area contributed by atoms with Gasteiger partial charge in [0.05, 0.1) is 16.9 Å². The SMILES string of the molecule is CC(C)(C)OC(=O)N1CCCN(c2cccc(C#N)c2N)CC1. The van der Waals surface area contributed by atoms with Crippen LogP contribution in [0.5, 0.6) is 0 Å². The Balaban J connectivity index is 2.07. The second kappa shape index (κ2) is 6.78. The van der Waals surface area contributed by atoms with Crippen LogP contribution in [0, 0.1) is 11.3 Å². The average molecular weight is 316 g/mol. The number of para-hydroxylation sites is 1. The predicted molar refractivity (Wildman–Crippen MR) is 90.2 cm³/mol. The molecule has 0 aromatic heterocycles. The molecule has 0 atom stereocenters. The van der Waals surface area contributed by atoms with Gasteiger partial charge in [-0.25, -0.2) is 4.79 Å². The van der Waals surface area contributed by atoms with Crippen molar-refractivity contribution >= 4 is 17.5 Å². The third kappa shape index (κ3) is 4.28. The van der Waals surface area contributed by atoms with E-state index in [1.54, 1.807) is 11.0 Å². The van der Waals surface area contributed by atoms with E-state index in [1.807, 2.05) is 32.9 Å². The lowest BCUT2D eigenvalue weighted by molar-refractivity contribution is 0.0263.